The Morgan fingerprint density at radius 2 is 2.05 bits per heavy atom. The summed E-state index contributed by atoms with van der Waals surface area (Å²) >= 11 is 2.73. The quantitative estimate of drug-likeness (QED) is 0.667. The van der Waals surface area contributed by atoms with E-state index in [4.69, 9.17) is 5.11 Å². The molecule has 0 spiro atoms. The molecule has 0 aliphatic carbocycles. The number of nitrogens with zero attached hydrogens (tertiary/aromatic N) is 1. The number of aromatic carboxylic acids is 1. The Kier molecular flexibility index (Phi) is 4.66. The molecule has 0 aliphatic rings. The molecule has 1 aromatic heterocycles. The molecule has 10 heteroatoms. The van der Waals surface area contributed by atoms with E-state index < -0.39 is 46.8 Å². The summed E-state index contributed by atoms with van der Waals surface area (Å²) in [7, 11) is 0. The van der Waals surface area contributed by atoms with Crippen molar-refractivity contribution in [2.24, 2.45) is 0 Å². The van der Waals surface area contributed by atoms with E-state index in [9.17, 15) is 26.7 Å². The van der Waals surface area contributed by atoms with Crippen LogP contribution >= 0.6 is 15.9 Å². The number of halogens is 6. The van der Waals surface area contributed by atoms with Crippen LogP contribution in [0.15, 0.2) is 6.07 Å². The number of hydrogen-bond acceptors (Lipinski definition) is 3. The molecule has 0 unspecified atom stereocenters. The number of carboxylic acid groups (broad SMARTS) is 1. The van der Waals surface area contributed by atoms with Gasteiger partial charge in [-0.05, 0) is 6.07 Å². The monoisotopic (exact) mass is 349 g/mol. The first kappa shape index (κ1) is 15.6. The summed E-state index contributed by atoms with van der Waals surface area (Å²) in [5, 5.41) is 8.22. The Balaban J connectivity index is 3.44. The number of rotatable bonds is 4. The highest BCUT2D eigenvalue weighted by Crippen LogP contribution is 2.33. The third kappa shape index (κ3) is 4.01. The van der Waals surface area contributed by atoms with Crippen molar-refractivity contribution in [3.8, 4) is 5.88 Å². The molecule has 0 saturated heterocycles. The van der Waals surface area contributed by atoms with E-state index in [1.54, 1.807) is 0 Å². The molecule has 106 valence electrons. The first-order chi connectivity index (χ1) is 8.65. The Morgan fingerprint density at radius 1 is 1.47 bits per heavy atom. The molecule has 1 rings (SSSR count). The number of carboxylic acids is 1. The molecule has 0 amide bonds. The van der Waals surface area contributed by atoms with Gasteiger partial charge in [-0.25, -0.2) is 18.6 Å². The molecule has 0 aromatic carbocycles. The normalized spacial score (nSPS) is 11.7. The molecule has 0 fully saturated rings. The molecule has 0 radical (unpaired) electrons. The molecule has 0 atom stereocenters. The fourth-order valence-corrected chi connectivity index (χ4v) is 1.76. The highest BCUT2D eigenvalue weighted by molar-refractivity contribution is 9.08. The van der Waals surface area contributed by atoms with Gasteiger partial charge in [0.05, 0.1) is 0 Å². The molecule has 19 heavy (non-hydrogen) atoms. The van der Waals surface area contributed by atoms with Gasteiger partial charge in [0.1, 0.15) is 0 Å². The van der Waals surface area contributed by atoms with Crippen LogP contribution in [-0.2, 0) is 5.33 Å². The first-order valence-corrected chi connectivity index (χ1v) is 5.64. The Morgan fingerprint density at radius 3 is 2.42 bits per heavy atom. The van der Waals surface area contributed by atoms with Crippen molar-refractivity contribution < 1.29 is 36.6 Å². The van der Waals surface area contributed by atoms with Gasteiger partial charge < -0.3 is 9.84 Å². The number of hydrogen-bond donors (Lipinski definition) is 1. The van der Waals surface area contributed by atoms with E-state index in [2.05, 4.69) is 25.7 Å². The maximum Gasteiger partial charge on any atom is 0.574 e. The maximum absolute atomic E-state index is 12.7. The van der Waals surface area contributed by atoms with Crippen LogP contribution in [0.2, 0.25) is 0 Å². The van der Waals surface area contributed by atoms with Crippen molar-refractivity contribution >= 4 is 21.9 Å². The van der Waals surface area contributed by atoms with Crippen molar-refractivity contribution in [1.82, 2.24) is 4.98 Å². The van der Waals surface area contributed by atoms with Gasteiger partial charge in [-0.15, -0.1) is 13.2 Å². The van der Waals surface area contributed by atoms with Gasteiger partial charge in [-0.3, -0.25) is 0 Å². The lowest BCUT2D eigenvalue weighted by Gasteiger charge is -2.14. The van der Waals surface area contributed by atoms with Crippen LogP contribution in [0.3, 0.4) is 0 Å². The molecule has 4 nitrogen and oxygen atoms in total. The summed E-state index contributed by atoms with van der Waals surface area (Å²) in [5.74, 6) is -2.95. The van der Waals surface area contributed by atoms with Gasteiger partial charge >= 0.3 is 12.3 Å². The lowest BCUT2D eigenvalue weighted by atomic mass is 10.1. The van der Waals surface area contributed by atoms with Crippen molar-refractivity contribution in [1.29, 1.82) is 0 Å². The third-order valence-electron chi connectivity index (χ3n) is 1.92. The molecule has 0 aliphatic heterocycles. The SMILES string of the molecule is O=C(O)c1cc(C(F)F)c(CBr)c(OC(F)(F)F)n1. The highest BCUT2D eigenvalue weighted by atomic mass is 79.9. The van der Waals surface area contributed by atoms with Gasteiger partial charge in [-0.2, -0.15) is 0 Å². The summed E-state index contributed by atoms with van der Waals surface area (Å²) in [6.45, 7) is 0. The van der Waals surface area contributed by atoms with Gasteiger partial charge in [0.25, 0.3) is 6.43 Å². The number of aromatic nitrogens is 1. The largest absolute Gasteiger partial charge is 0.574 e. The summed E-state index contributed by atoms with van der Waals surface area (Å²) < 4.78 is 65.2. The second kappa shape index (κ2) is 5.68. The zero-order valence-electron chi connectivity index (χ0n) is 8.84. The minimum Gasteiger partial charge on any atom is -0.477 e. The average molecular weight is 350 g/mol. The lowest BCUT2D eigenvalue weighted by Crippen LogP contribution is -2.20. The maximum atomic E-state index is 12.7. The molecule has 0 saturated carbocycles. The summed E-state index contributed by atoms with van der Waals surface area (Å²) in [6, 6.07) is 0.507. The molecular weight excluding hydrogens is 345 g/mol. The lowest BCUT2D eigenvalue weighted by molar-refractivity contribution is -0.276. The molecule has 0 bridgehead atoms. The topological polar surface area (TPSA) is 59.4 Å². The summed E-state index contributed by atoms with van der Waals surface area (Å²) in [5.41, 5.74) is -2.40. The predicted octanol–water partition coefficient (Wildman–Crippen LogP) is 3.51. The minimum atomic E-state index is -5.17. The smallest absolute Gasteiger partial charge is 0.477 e. The first-order valence-electron chi connectivity index (χ1n) is 4.52. The fraction of sp³-hybridized carbons (Fsp3) is 0.333. The molecule has 1 heterocycles. The van der Waals surface area contributed by atoms with Crippen LogP contribution in [0.5, 0.6) is 5.88 Å². The van der Waals surface area contributed by atoms with E-state index in [1.807, 2.05) is 0 Å². The van der Waals surface area contributed by atoms with Gasteiger partial charge in [0.2, 0.25) is 5.88 Å². The average Bonchev–Trinajstić information content (AvgIpc) is 2.25. The van der Waals surface area contributed by atoms with Crippen molar-refractivity contribution in [2.75, 3.05) is 0 Å². The number of carbonyl (C=O) groups is 1. The van der Waals surface area contributed by atoms with Gasteiger partial charge in [0.15, 0.2) is 5.69 Å². The Hall–Kier alpha value is -1.45. The fourth-order valence-electron chi connectivity index (χ4n) is 1.20. The molecular formula is C9H5BrF5NO3. The van der Waals surface area contributed by atoms with E-state index in [1.165, 1.54) is 0 Å². The predicted molar refractivity (Wildman–Crippen MR) is 55.5 cm³/mol. The number of alkyl halides is 6. The Bertz CT molecular complexity index is 491. The second-order valence-electron chi connectivity index (χ2n) is 3.17. The number of pyridine rings is 1. The minimum absolute atomic E-state index is 0.398. The van der Waals surface area contributed by atoms with E-state index >= 15 is 0 Å². The van der Waals surface area contributed by atoms with Crippen molar-refractivity contribution in [3.05, 3.63) is 22.9 Å². The van der Waals surface area contributed by atoms with E-state index in [0.29, 0.717) is 6.07 Å². The highest BCUT2D eigenvalue weighted by Gasteiger charge is 2.34. The summed E-state index contributed by atoms with van der Waals surface area (Å²) in [6.07, 6.45) is -8.33. The molecule has 1 aromatic rings. The second-order valence-corrected chi connectivity index (χ2v) is 3.73. The van der Waals surface area contributed by atoms with Gasteiger partial charge in [0, 0.05) is 16.5 Å². The standard InChI is InChI=1S/C9H5BrF5NO3/c10-2-4-3(6(11)12)1-5(8(17)18)16-7(4)19-9(13,14)15/h1,6H,2H2,(H,17,18). The summed E-state index contributed by atoms with van der Waals surface area (Å²) in [4.78, 5) is 13.7. The zero-order valence-corrected chi connectivity index (χ0v) is 10.4. The van der Waals surface area contributed by atoms with E-state index in [-0.39, 0.29) is 0 Å². The number of ether oxygens (including phenoxy) is 1. The Labute approximate surface area is 111 Å². The van der Waals surface area contributed by atoms with Crippen LogP contribution in [-0.4, -0.2) is 22.4 Å². The molecule has 1 N–H and O–H groups in total. The van der Waals surface area contributed by atoms with Crippen molar-refractivity contribution in [3.63, 3.8) is 0 Å². The van der Waals surface area contributed by atoms with Gasteiger partial charge in [-0.1, -0.05) is 15.9 Å². The van der Waals surface area contributed by atoms with Crippen LogP contribution < -0.4 is 4.74 Å². The van der Waals surface area contributed by atoms with Crippen LogP contribution in [0.1, 0.15) is 28.0 Å². The van der Waals surface area contributed by atoms with Crippen molar-refractivity contribution in [2.45, 2.75) is 18.1 Å². The van der Waals surface area contributed by atoms with Crippen LogP contribution in [0, 0.1) is 0 Å². The zero-order chi connectivity index (χ0) is 14.8. The van der Waals surface area contributed by atoms with Crippen LogP contribution in [0.4, 0.5) is 22.0 Å². The third-order valence-corrected chi connectivity index (χ3v) is 2.48. The van der Waals surface area contributed by atoms with Crippen LogP contribution in [0.25, 0.3) is 0 Å². The van der Waals surface area contributed by atoms with E-state index in [0.717, 1.165) is 0 Å².